The number of benzene rings is 2. The van der Waals surface area contributed by atoms with Gasteiger partial charge in [-0.25, -0.2) is 17.2 Å². The van der Waals surface area contributed by atoms with E-state index in [2.05, 4.69) is 4.98 Å². The van der Waals surface area contributed by atoms with E-state index >= 15 is 0 Å². The SMILES string of the molecule is N#Cc1cc(F)c(NS(=O)(=O)c2c[nH]c(-c3coc4ccccc34)c2)cc1F. The first-order valence-corrected chi connectivity index (χ1v) is 9.44. The summed E-state index contributed by atoms with van der Waals surface area (Å²) in [6.07, 6.45) is 2.73. The fourth-order valence-electron chi connectivity index (χ4n) is 2.79. The first-order chi connectivity index (χ1) is 13.4. The van der Waals surface area contributed by atoms with Gasteiger partial charge in [0.2, 0.25) is 0 Å². The number of nitrogens with zero attached hydrogens (tertiary/aromatic N) is 1. The van der Waals surface area contributed by atoms with Crippen molar-refractivity contribution >= 4 is 26.7 Å². The summed E-state index contributed by atoms with van der Waals surface area (Å²) in [7, 11) is -4.20. The second-order valence-electron chi connectivity index (χ2n) is 5.92. The molecule has 2 aromatic heterocycles. The molecule has 0 saturated heterocycles. The molecule has 4 rings (SSSR count). The lowest BCUT2D eigenvalue weighted by molar-refractivity contribution is 0.593. The van der Waals surface area contributed by atoms with Crippen molar-refractivity contribution in [2.45, 2.75) is 4.90 Å². The van der Waals surface area contributed by atoms with Crippen LogP contribution in [0.15, 0.2) is 64.2 Å². The number of aromatic nitrogens is 1. The van der Waals surface area contributed by atoms with Crippen LogP contribution in [0.3, 0.4) is 0 Å². The van der Waals surface area contributed by atoms with Crippen molar-refractivity contribution in [3.05, 3.63) is 72.1 Å². The molecule has 0 radical (unpaired) electrons. The Bertz CT molecular complexity index is 1350. The van der Waals surface area contributed by atoms with E-state index in [0.29, 0.717) is 29.0 Å². The van der Waals surface area contributed by atoms with Gasteiger partial charge in [0, 0.05) is 23.2 Å². The number of fused-ring (bicyclic) bond motifs is 1. The lowest BCUT2D eigenvalue weighted by atomic mass is 10.1. The molecule has 0 bridgehead atoms. The number of rotatable bonds is 4. The summed E-state index contributed by atoms with van der Waals surface area (Å²) in [6.45, 7) is 0. The summed E-state index contributed by atoms with van der Waals surface area (Å²) >= 11 is 0. The minimum Gasteiger partial charge on any atom is -0.464 e. The van der Waals surface area contributed by atoms with Crippen LogP contribution in [0.4, 0.5) is 14.5 Å². The molecular formula is C19H11F2N3O3S. The topological polar surface area (TPSA) is 98.9 Å². The Labute approximate surface area is 158 Å². The Morgan fingerprint density at radius 2 is 1.89 bits per heavy atom. The summed E-state index contributed by atoms with van der Waals surface area (Å²) in [6, 6.07) is 11.4. The Morgan fingerprint density at radius 3 is 2.68 bits per heavy atom. The lowest BCUT2D eigenvalue weighted by Gasteiger charge is -2.08. The number of nitriles is 1. The van der Waals surface area contributed by atoms with Gasteiger partial charge in [-0.15, -0.1) is 0 Å². The van der Waals surface area contributed by atoms with Crippen molar-refractivity contribution in [3.63, 3.8) is 0 Å². The smallest absolute Gasteiger partial charge is 0.263 e. The van der Waals surface area contributed by atoms with E-state index in [4.69, 9.17) is 9.68 Å². The molecule has 6 nitrogen and oxygen atoms in total. The van der Waals surface area contributed by atoms with Gasteiger partial charge in [0.15, 0.2) is 0 Å². The van der Waals surface area contributed by atoms with Gasteiger partial charge in [0.05, 0.1) is 16.9 Å². The maximum absolute atomic E-state index is 14.0. The Balaban J connectivity index is 1.68. The minimum atomic E-state index is -4.20. The number of para-hydroxylation sites is 1. The van der Waals surface area contributed by atoms with Crippen LogP contribution >= 0.6 is 0 Å². The first-order valence-electron chi connectivity index (χ1n) is 7.96. The Hall–Kier alpha value is -3.64. The van der Waals surface area contributed by atoms with Crippen molar-refractivity contribution in [2.24, 2.45) is 0 Å². The molecule has 9 heteroatoms. The molecule has 140 valence electrons. The predicted molar refractivity (Wildman–Crippen MR) is 97.9 cm³/mol. The zero-order valence-electron chi connectivity index (χ0n) is 14.0. The third kappa shape index (κ3) is 3.00. The van der Waals surface area contributed by atoms with Crippen molar-refractivity contribution in [1.82, 2.24) is 4.98 Å². The van der Waals surface area contributed by atoms with E-state index in [1.54, 1.807) is 6.07 Å². The standard InChI is InChI=1S/C19H11F2N3O3S/c20-15-7-18(16(21)5-11(15)8-22)24-28(25,26)12-6-17(23-9-12)14-10-27-19-4-2-1-3-13(14)19/h1-7,9-10,23-24H. The molecule has 0 saturated carbocycles. The van der Waals surface area contributed by atoms with Crippen LogP contribution < -0.4 is 4.72 Å². The summed E-state index contributed by atoms with van der Waals surface area (Å²) in [5.74, 6) is -2.08. The lowest BCUT2D eigenvalue weighted by Crippen LogP contribution is -2.13. The molecule has 0 spiro atoms. The molecule has 0 atom stereocenters. The molecule has 0 aliphatic heterocycles. The van der Waals surface area contributed by atoms with E-state index in [0.717, 1.165) is 5.39 Å². The van der Waals surface area contributed by atoms with E-state index in [1.807, 2.05) is 22.9 Å². The maximum Gasteiger partial charge on any atom is 0.263 e. The van der Waals surface area contributed by atoms with Gasteiger partial charge in [0.1, 0.15) is 34.4 Å². The highest BCUT2D eigenvalue weighted by molar-refractivity contribution is 7.92. The summed E-state index contributed by atoms with van der Waals surface area (Å²) in [4.78, 5) is 2.68. The third-order valence-corrected chi connectivity index (χ3v) is 5.50. The highest BCUT2D eigenvalue weighted by atomic mass is 32.2. The average Bonchev–Trinajstić information content (AvgIpc) is 3.31. The second-order valence-corrected chi connectivity index (χ2v) is 7.61. The highest BCUT2D eigenvalue weighted by Crippen LogP contribution is 2.31. The zero-order valence-corrected chi connectivity index (χ0v) is 14.8. The minimum absolute atomic E-state index is 0.169. The molecule has 4 aromatic rings. The molecule has 2 N–H and O–H groups in total. The fourth-order valence-corrected chi connectivity index (χ4v) is 3.84. The normalized spacial score (nSPS) is 11.5. The van der Waals surface area contributed by atoms with E-state index in [1.165, 1.54) is 24.6 Å². The van der Waals surface area contributed by atoms with Crippen LogP contribution in [0.2, 0.25) is 0 Å². The maximum atomic E-state index is 14.0. The predicted octanol–water partition coefficient (Wildman–Crippen LogP) is 4.38. The molecule has 0 amide bonds. The van der Waals surface area contributed by atoms with Crippen LogP contribution in [0.5, 0.6) is 0 Å². The number of H-pyrrole nitrogens is 1. The van der Waals surface area contributed by atoms with E-state index < -0.39 is 32.9 Å². The number of sulfonamides is 1. The first kappa shape index (κ1) is 17.8. The van der Waals surface area contributed by atoms with Crippen LogP contribution in [-0.2, 0) is 10.0 Å². The van der Waals surface area contributed by atoms with Gasteiger partial charge in [0.25, 0.3) is 10.0 Å². The van der Waals surface area contributed by atoms with Crippen molar-refractivity contribution in [2.75, 3.05) is 4.72 Å². The number of hydrogen-bond donors (Lipinski definition) is 2. The Morgan fingerprint density at radius 1 is 1.11 bits per heavy atom. The molecule has 0 unspecified atom stereocenters. The quantitative estimate of drug-likeness (QED) is 0.532. The van der Waals surface area contributed by atoms with Crippen molar-refractivity contribution in [3.8, 4) is 17.3 Å². The van der Waals surface area contributed by atoms with E-state index in [-0.39, 0.29) is 4.90 Å². The highest BCUT2D eigenvalue weighted by Gasteiger charge is 2.21. The van der Waals surface area contributed by atoms with Crippen molar-refractivity contribution < 1.29 is 21.6 Å². The van der Waals surface area contributed by atoms with Gasteiger partial charge in [-0.2, -0.15) is 5.26 Å². The third-order valence-electron chi connectivity index (χ3n) is 4.16. The van der Waals surface area contributed by atoms with Gasteiger partial charge in [-0.3, -0.25) is 4.72 Å². The zero-order chi connectivity index (χ0) is 19.9. The van der Waals surface area contributed by atoms with Gasteiger partial charge >= 0.3 is 0 Å². The van der Waals surface area contributed by atoms with Crippen LogP contribution in [0, 0.1) is 23.0 Å². The monoisotopic (exact) mass is 399 g/mol. The Kier molecular flexibility index (Phi) is 4.13. The number of halogens is 2. The molecule has 2 aromatic carbocycles. The van der Waals surface area contributed by atoms with Crippen molar-refractivity contribution in [1.29, 1.82) is 5.26 Å². The molecule has 28 heavy (non-hydrogen) atoms. The number of hydrogen-bond acceptors (Lipinski definition) is 4. The van der Waals surface area contributed by atoms with Gasteiger partial charge in [-0.1, -0.05) is 18.2 Å². The summed E-state index contributed by atoms with van der Waals surface area (Å²) < 4.78 is 60.3. The number of aromatic amines is 1. The average molecular weight is 399 g/mol. The number of furan rings is 1. The molecular weight excluding hydrogens is 388 g/mol. The molecule has 0 aliphatic carbocycles. The summed E-state index contributed by atoms with van der Waals surface area (Å²) in [5, 5.41) is 9.50. The fraction of sp³-hybridized carbons (Fsp3) is 0. The molecule has 0 aliphatic rings. The van der Waals surface area contributed by atoms with Gasteiger partial charge in [-0.05, 0) is 18.2 Å². The van der Waals surface area contributed by atoms with Crippen LogP contribution in [0.1, 0.15) is 5.56 Å². The second kappa shape index (κ2) is 6.51. The number of nitrogens with one attached hydrogen (secondary N) is 2. The largest absolute Gasteiger partial charge is 0.464 e. The molecule has 2 heterocycles. The van der Waals surface area contributed by atoms with Crippen LogP contribution in [0.25, 0.3) is 22.2 Å². The van der Waals surface area contributed by atoms with Crippen LogP contribution in [-0.4, -0.2) is 13.4 Å². The van der Waals surface area contributed by atoms with Gasteiger partial charge < -0.3 is 9.40 Å². The number of anilines is 1. The summed E-state index contributed by atoms with van der Waals surface area (Å²) in [5.41, 5.74) is 0.679. The molecule has 0 fully saturated rings. The van der Waals surface area contributed by atoms with E-state index in [9.17, 15) is 17.2 Å².